The highest BCUT2D eigenvalue weighted by atomic mass is 79.9. The third-order valence-electron chi connectivity index (χ3n) is 2.05. The Kier molecular flexibility index (Phi) is 3.50. The van der Waals surface area contributed by atoms with Gasteiger partial charge in [-0.05, 0) is 28.1 Å². The van der Waals surface area contributed by atoms with Gasteiger partial charge in [-0.3, -0.25) is 0 Å². The van der Waals surface area contributed by atoms with E-state index in [4.69, 9.17) is 5.84 Å². The minimum Gasteiger partial charge on any atom is -0.337 e. The van der Waals surface area contributed by atoms with Gasteiger partial charge in [0.25, 0.3) is 0 Å². The number of anilines is 3. The molecule has 0 aliphatic heterocycles. The Balaban J connectivity index is 2.34. The lowest BCUT2D eigenvalue weighted by atomic mass is 10.3. The first-order chi connectivity index (χ1) is 8.22. The maximum atomic E-state index is 13.4. The first kappa shape index (κ1) is 11.7. The molecule has 2 aromatic rings. The lowest BCUT2D eigenvalue weighted by Crippen LogP contribution is -2.10. The molecule has 17 heavy (non-hydrogen) atoms. The van der Waals surface area contributed by atoms with E-state index in [0.717, 1.165) is 0 Å². The molecule has 0 aliphatic rings. The monoisotopic (exact) mass is 297 g/mol. The fourth-order valence-corrected chi connectivity index (χ4v) is 1.67. The minimum absolute atomic E-state index is 0.329. The first-order valence-corrected chi connectivity index (χ1v) is 5.50. The van der Waals surface area contributed by atoms with Crippen molar-refractivity contribution in [3.8, 4) is 0 Å². The Morgan fingerprint density at radius 3 is 2.59 bits per heavy atom. The van der Waals surface area contributed by atoms with Gasteiger partial charge in [0.05, 0.1) is 5.69 Å². The van der Waals surface area contributed by atoms with Gasteiger partial charge in [-0.1, -0.05) is 12.1 Å². The average molecular weight is 298 g/mol. The second-order valence-electron chi connectivity index (χ2n) is 3.13. The van der Waals surface area contributed by atoms with Crippen LogP contribution in [0.3, 0.4) is 0 Å². The summed E-state index contributed by atoms with van der Waals surface area (Å²) in [5, 5.41) is 2.85. The zero-order chi connectivity index (χ0) is 12.3. The van der Waals surface area contributed by atoms with Gasteiger partial charge in [-0.25, -0.2) is 20.2 Å². The van der Waals surface area contributed by atoms with Crippen molar-refractivity contribution in [2.75, 3.05) is 10.7 Å². The minimum atomic E-state index is -0.361. The van der Waals surface area contributed by atoms with Crippen molar-refractivity contribution in [1.82, 2.24) is 9.97 Å². The van der Waals surface area contributed by atoms with E-state index in [0.29, 0.717) is 21.8 Å². The van der Waals surface area contributed by atoms with Crippen molar-refractivity contribution in [3.05, 3.63) is 40.9 Å². The van der Waals surface area contributed by atoms with E-state index in [9.17, 15) is 4.39 Å². The van der Waals surface area contributed by atoms with Crippen LogP contribution >= 0.6 is 15.9 Å². The molecule has 0 atom stereocenters. The van der Waals surface area contributed by atoms with Crippen LogP contribution in [0.25, 0.3) is 0 Å². The zero-order valence-corrected chi connectivity index (χ0v) is 10.2. The number of nitrogens with two attached hydrogens (primary N) is 1. The number of hydrogen-bond donors (Lipinski definition) is 3. The lowest BCUT2D eigenvalue weighted by Gasteiger charge is -2.10. The van der Waals surface area contributed by atoms with Crippen molar-refractivity contribution in [3.63, 3.8) is 0 Å². The highest BCUT2D eigenvalue weighted by molar-refractivity contribution is 9.10. The summed E-state index contributed by atoms with van der Waals surface area (Å²) in [6.07, 6.45) is 1.32. The fraction of sp³-hybridized carbons (Fsp3) is 0. The van der Waals surface area contributed by atoms with Gasteiger partial charge >= 0.3 is 0 Å². The van der Waals surface area contributed by atoms with Gasteiger partial charge in [-0.15, -0.1) is 0 Å². The second-order valence-corrected chi connectivity index (χ2v) is 3.93. The summed E-state index contributed by atoms with van der Waals surface area (Å²) in [4.78, 5) is 7.89. The number of benzene rings is 1. The number of para-hydroxylation sites is 1. The molecule has 0 unspecified atom stereocenters. The normalized spacial score (nSPS) is 10.1. The largest absolute Gasteiger partial charge is 0.337 e. The molecule has 0 fully saturated rings. The molecule has 1 aromatic heterocycles. The second kappa shape index (κ2) is 5.07. The zero-order valence-electron chi connectivity index (χ0n) is 8.61. The Morgan fingerprint density at radius 2 is 1.88 bits per heavy atom. The Morgan fingerprint density at radius 1 is 1.18 bits per heavy atom. The highest BCUT2D eigenvalue weighted by Crippen LogP contribution is 2.28. The molecule has 0 aliphatic carbocycles. The van der Waals surface area contributed by atoms with Crippen LogP contribution < -0.4 is 16.6 Å². The van der Waals surface area contributed by atoms with Crippen LogP contribution in [0.1, 0.15) is 0 Å². The summed E-state index contributed by atoms with van der Waals surface area (Å²) in [5.41, 5.74) is 2.73. The summed E-state index contributed by atoms with van der Waals surface area (Å²) < 4.78 is 14.0. The Hall–Kier alpha value is -1.73. The Bertz CT molecular complexity index is 534. The van der Waals surface area contributed by atoms with Crippen molar-refractivity contribution < 1.29 is 4.39 Å². The van der Waals surface area contributed by atoms with E-state index in [-0.39, 0.29) is 5.82 Å². The van der Waals surface area contributed by atoms with E-state index < -0.39 is 0 Å². The van der Waals surface area contributed by atoms with E-state index in [2.05, 4.69) is 36.6 Å². The number of halogens is 2. The predicted molar refractivity (Wildman–Crippen MR) is 67.2 cm³/mol. The van der Waals surface area contributed by atoms with Crippen LogP contribution in [0.5, 0.6) is 0 Å². The third-order valence-corrected chi connectivity index (χ3v) is 2.80. The Labute approximate surface area is 105 Å². The number of rotatable bonds is 3. The maximum Gasteiger partial charge on any atom is 0.159 e. The average Bonchev–Trinajstić information content (AvgIpc) is 2.34. The molecule has 0 amide bonds. The molecule has 0 saturated carbocycles. The van der Waals surface area contributed by atoms with Crippen molar-refractivity contribution in [2.24, 2.45) is 5.84 Å². The van der Waals surface area contributed by atoms with Crippen molar-refractivity contribution >= 4 is 33.3 Å². The number of nitrogens with zero attached hydrogens (tertiary/aromatic N) is 2. The molecule has 2 rings (SSSR count). The summed E-state index contributed by atoms with van der Waals surface area (Å²) in [5.74, 6) is 5.75. The summed E-state index contributed by atoms with van der Waals surface area (Å²) in [6.45, 7) is 0. The fourth-order valence-electron chi connectivity index (χ4n) is 1.25. The van der Waals surface area contributed by atoms with Gasteiger partial charge in [0.1, 0.15) is 22.4 Å². The smallest absolute Gasteiger partial charge is 0.159 e. The van der Waals surface area contributed by atoms with E-state index in [1.54, 1.807) is 18.2 Å². The number of nitrogen functional groups attached to an aromatic ring is 1. The number of hydrazine groups is 1. The molecule has 0 spiro atoms. The van der Waals surface area contributed by atoms with E-state index in [1.165, 1.54) is 12.4 Å². The summed E-state index contributed by atoms with van der Waals surface area (Å²) in [7, 11) is 0. The molecular formula is C10H9BrFN5. The topological polar surface area (TPSA) is 75.9 Å². The maximum absolute atomic E-state index is 13.4. The SMILES string of the molecule is NNc1ncnc(Nc2ccccc2F)c1Br. The van der Waals surface area contributed by atoms with Gasteiger partial charge in [-0.2, -0.15) is 0 Å². The molecule has 7 heteroatoms. The molecule has 0 radical (unpaired) electrons. The van der Waals surface area contributed by atoms with Crippen molar-refractivity contribution in [2.45, 2.75) is 0 Å². The predicted octanol–water partition coefficient (Wildman–Crippen LogP) is 2.41. The van der Waals surface area contributed by atoms with Crippen LogP contribution in [0.4, 0.5) is 21.7 Å². The van der Waals surface area contributed by atoms with E-state index >= 15 is 0 Å². The van der Waals surface area contributed by atoms with E-state index in [1.807, 2.05) is 0 Å². The van der Waals surface area contributed by atoms with Crippen LogP contribution in [0.2, 0.25) is 0 Å². The molecule has 1 aromatic carbocycles. The first-order valence-electron chi connectivity index (χ1n) is 4.71. The molecule has 88 valence electrons. The third kappa shape index (κ3) is 2.51. The standard InChI is InChI=1S/C10H9BrFN5/c11-8-9(14-5-15-10(8)17-13)16-7-4-2-1-3-6(7)12/h1-5H,13H2,(H2,14,15,16,17). The number of aromatic nitrogens is 2. The molecule has 0 bridgehead atoms. The summed E-state index contributed by atoms with van der Waals surface area (Å²) >= 11 is 3.27. The molecule has 4 N–H and O–H groups in total. The molecule has 5 nitrogen and oxygen atoms in total. The number of nitrogens with one attached hydrogen (secondary N) is 2. The van der Waals surface area contributed by atoms with Crippen LogP contribution in [-0.2, 0) is 0 Å². The van der Waals surface area contributed by atoms with Crippen LogP contribution in [-0.4, -0.2) is 9.97 Å². The lowest BCUT2D eigenvalue weighted by molar-refractivity contribution is 0.632. The van der Waals surface area contributed by atoms with Gasteiger partial charge in [0.15, 0.2) is 5.82 Å². The van der Waals surface area contributed by atoms with Gasteiger partial charge < -0.3 is 10.7 Å². The number of hydrogen-bond acceptors (Lipinski definition) is 5. The quantitative estimate of drug-likeness (QED) is 0.599. The van der Waals surface area contributed by atoms with Gasteiger partial charge in [0, 0.05) is 0 Å². The molecule has 1 heterocycles. The van der Waals surface area contributed by atoms with Gasteiger partial charge in [0.2, 0.25) is 0 Å². The molecule has 0 saturated heterocycles. The van der Waals surface area contributed by atoms with Crippen LogP contribution in [0, 0.1) is 5.82 Å². The molecular weight excluding hydrogens is 289 g/mol. The van der Waals surface area contributed by atoms with Crippen LogP contribution in [0.15, 0.2) is 35.1 Å². The summed E-state index contributed by atoms with van der Waals surface area (Å²) in [6, 6.07) is 6.31. The van der Waals surface area contributed by atoms with Crippen molar-refractivity contribution in [1.29, 1.82) is 0 Å². The highest BCUT2D eigenvalue weighted by Gasteiger charge is 2.09.